The van der Waals surface area contributed by atoms with Crippen LogP contribution in [0.25, 0.3) is 0 Å². The molecule has 1 unspecified atom stereocenters. The Balaban J connectivity index is 1.75. The summed E-state index contributed by atoms with van der Waals surface area (Å²) < 4.78 is 30.6. The maximum atomic E-state index is 12.7. The number of phenolic OH excluding ortho intramolecular Hbond substituents is 1. The van der Waals surface area contributed by atoms with E-state index in [4.69, 9.17) is 22.1 Å². The molecule has 3 rings (SSSR count). The molecule has 3 aromatic rings. The van der Waals surface area contributed by atoms with Crippen LogP contribution in [0.5, 0.6) is 5.75 Å². The van der Waals surface area contributed by atoms with E-state index in [0.717, 1.165) is 0 Å². The van der Waals surface area contributed by atoms with Crippen molar-refractivity contribution in [2.75, 3.05) is 0 Å². The molecular weight excluding hydrogens is 454 g/mol. The standard InChI is InChI=1S/C23H22ClNO6S/c24-17-3-1-2-16(13-17)22(27)14-19(31-23(25)28)12-15-4-8-20(9-5-15)32(29,30)21-10-6-18(26)7-11-21/h1-11,13,19,22,26-27H,12,14H2,(H2,25,28)/t19-,22?/m1/s1. The fourth-order valence-electron chi connectivity index (χ4n) is 3.27. The van der Waals surface area contributed by atoms with Gasteiger partial charge >= 0.3 is 6.09 Å². The average Bonchev–Trinajstić information content (AvgIpc) is 2.74. The smallest absolute Gasteiger partial charge is 0.404 e. The summed E-state index contributed by atoms with van der Waals surface area (Å²) in [5.74, 6) is -0.0280. The molecule has 168 valence electrons. The Morgan fingerprint density at radius 2 is 1.59 bits per heavy atom. The summed E-state index contributed by atoms with van der Waals surface area (Å²) in [6.07, 6.45) is -2.34. The molecule has 32 heavy (non-hydrogen) atoms. The van der Waals surface area contributed by atoms with Gasteiger partial charge < -0.3 is 20.7 Å². The predicted octanol–water partition coefficient (Wildman–Crippen LogP) is 4.01. The van der Waals surface area contributed by atoms with Crippen LogP contribution in [0.1, 0.15) is 23.7 Å². The van der Waals surface area contributed by atoms with Crippen molar-refractivity contribution in [1.82, 2.24) is 0 Å². The molecule has 1 amide bonds. The number of phenols is 1. The summed E-state index contributed by atoms with van der Waals surface area (Å²) in [5.41, 5.74) is 6.45. The van der Waals surface area contributed by atoms with Gasteiger partial charge in [0.2, 0.25) is 9.84 Å². The SMILES string of the molecule is NC(=O)O[C@H](Cc1ccc(S(=O)(=O)c2ccc(O)cc2)cc1)CC(O)c1cccc(Cl)c1. The van der Waals surface area contributed by atoms with E-state index >= 15 is 0 Å². The molecule has 3 aromatic carbocycles. The second kappa shape index (κ2) is 10.0. The summed E-state index contributed by atoms with van der Waals surface area (Å²) in [6.45, 7) is 0. The lowest BCUT2D eigenvalue weighted by Crippen LogP contribution is -2.26. The van der Waals surface area contributed by atoms with Gasteiger partial charge in [0.1, 0.15) is 11.9 Å². The van der Waals surface area contributed by atoms with Crippen molar-refractivity contribution in [3.05, 3.63) is 88.9 Å². The van der Waals surface area contributed by atoms with Gasteiger partial charge in [-0.25, -0.2) is 13.2 Å². The van der Waals surface area contributed by atoms with E-state index in [-0.39, 0.29) is 28.4 Å². The Kier molecular flexibility index (Phi) is 7.40. The van der Waals surface area contributed by atoms with E-state index in [1.165, 1.54) is 36.4 Å². The molecule has 7 nitrogen and oxygen atoms in total. The predicted molar refractivity (Wildman–Crippen MR) is 119 cm³/mol. The molecule has 0 radical (unpaired) electrons. The van der Waals surface area contributed by atoms with Crippen LogP contribution in [-0.2, 0) is 21.0 Å². The third-order valence-corrected chi connectivity index (χ3v) is 6.87. The topological polar surface area (TPSA) is 127 Å². The van der Waals surface area contributed by atoms with Gasteiger partial charge in [0.05, 0.1) is 15.9 Å². The molecule has 0 saturated carbocycles. The number of rotatable bonds is 8. The van der Waals surface area contributed by atoms with Gasteiger partial charge in [-0.2, -0.15) is 0 Å². The first-order chi connectivity index (χ1) is 15.1. The van der Waals surface area contributed by atoms with E-state index in [1.54, 1.807) is 36.4 Å². The minimum absolute atomic E-state index is 0.0280. The molecule has 0 heterocycles. The van der Waals surface area contributed by atoms with Gasteiger partial charge in [-0.05, 0) is 59.7 Å². The lowest BCUT2D eigenvalue weighted by Gasteiger charge is -2.20. The number of amides is 1. The highest BCUT2D eigenvalue weighted by atomic mass is 35.5. The van der Waals surface area contributed by atoms with Crippen LogP contribution in [0.2, 0.25) is 5.02 Å². The van der Waals surface area contributed by atoms with Crippen molar-refractivity contribution in [3.8, 4) is 5.75 Å². The lowest BCUT2D eigenvalue weighted by atomic mass is 9.99. The van der Waals surface area contributed by atoms with Crippen LogP contribution in [0.15, 0.2) is 82.6 Å². The van der Waals surface area contributed by atoms with Gasteiger partial charge in [-0.15, -0.1) is 0 Å². The fourth-order valence-corrected chi connectivity index (χ4v) is 4.72. The first-order valence-corrected chi connectivity index (χ1v) is 11.5. The second-order valence-corrected chi connectivity index (χ2v) is 9.60. The first kappa shape index (κ1) is 23.6. The summed E-state index contributed by atoms with van der Waals surface area (Å²) in [5, 5.41) is 20.3. The van der Waals surface area contributed by atoms with Crippen LogP contribution in [-0.4, -0.2) is 30.8 Å². The highest BCUT2D eigenvalue weighted by Gasteiger charge is 2.21. The van der Waals surface area contributed by atoms with E-state index in [2.05, 4.69) is 0 Å². The van der Waals surface area contributed by atoms with Crippen LogP contribution >= 0.6 is 11.6 Å². The maximum Gasteiger partial charge on any atom is 0.404 e. The molecule has 0 aromatic heterocycles. The number of hydrogen-bond donors (Lipinski definition) is 3. The molecule has 0 bridgehead atoms. The Bertz CT molecular complexity index is 1180. The molecule has 0 aliphatic rings. The number of aromatic hydroxyl groups is 1. The zero-order valence-corrected chi connectivity index (χ0v) is 18.5. The number of nitrogens with two attached hydrogens (primary N) is 1. The molecule has 0 saturated heterocycles. The number of benzene rings is 3. The van der Waals surface area contributed by atoms with Gasteiger partial charge in [-0.3, -0.25) is 0 Å². The highest BCUT2D eigenvalue weighted by Crippen LogP contribution is 2.26. The molecule has 4 N–H and O–H groups in total. The molecule has 9 heteroatoms. The van der Waals surface area contributed by atoms with Crippen LogP contribution in [0.4, 0.5) is 4.79 Å². The van der Waals surface area contributed by atoms with E-state index in [1.807, 2.05) is 0 Å². The van der Waals surface area contributed by atoms with E-state index in [9.17, 15) is 23.4 Å². The fraction of sp³-hybridized carbons (Fsp3) is 0.174. The van der Waals surface area contributed by atoms with E-state index in [0.29, 0.717) is 16.1 Å². The number of hydrogen-bond acceptors (Lipinski definition) is 6. The average molecular weight is 476 g/mol. The van der Waals surface area contributed by atoms with Crippen molar-refractivity contribution < 1.29 is 28.2 Å². The number of sulfone groups is 1. The quantitative estimate of drug-likeness (QED) is 0.451. The minimum Gasteiger partial charge on any atom is -0.508 e. The van der Waals surface area contributed by atoms with Crippen molar-refractivity contribution >= 4 is 27.5 Å². The number of aliphatic hydroxyl groups is 1. The Morgan fingerprint density at radius 3 is 2.16 bits per heavy atom. The Labute approximate surface area is 191 Å². The summed E-state index contributed by atoms with van der Waals surface area (Å²) >= 11 is 5.97. The van der Waals surface area contributed by atoms with Gasteiger partial charge in [0.15, 0.2) is 0 Å². The molecule has 0 fully saturated rings. The Morgan fingerprint density at radius 1 is 1.00 bits per heavy atom. The normalized spacial score (nSPS) is 13.3. The largest absolute Gasteiger partial charge is 0.508 e. The molecular formula is C23H22ClNO6S. The maximum absolute atomic E-state index is 12.7. The number of primary amides is 1. The highest BCUT2D eigenvalue weighted by molar-refractivity contribution is 7.91. The molecule has 0 aliphatic heterocycles. The number of halogens is 1. The van der Waals surface area contributed by atoms with Gasteiger partial charge in [0.25, 0.3) is 0 Å². The van der Waals surface area contributed by atoms with Crippen molar-refractivity contribution in [1.29, 1.82) is 0 Å². The number of aliphatic hydroxyl groups excluding tert-OH is 1. The Hall–Kier alpha value is -3.07. The second-order valence-electron chi connectivity index (χ2n) is 7.21. The number of ether oxygens (including phenoxy) is 1. The third kappa shape index (κ3) is 6.00. The monoisotopic (exact) mass is 475 g/mol. The number of carbonyl (C=O) groups is 1. The van der Waals surface area contributed by atoms with Crippen molar-refractivity contribution in [3.63, 3.8) is 0 Å². The molecule has 2 atom stereocenters. The van der Waals surface area contributed by atoms with Crippen LogP contribution in [0, 0.1) is 0 Å². The van der Waals surface area contributed by atoms with Crippen molar-refractivity contribution in [2.24, 2.45) is 5.73 Å². The molecule has 0 spiro atoms. The van der Waals surface area contributed by atoms with Crippen molar-refractivity contribution in [2.45, 2.75) is 34.8 Å². The summed E-state index contributed by atoms with van der Waals surface area (Å²) in [4.78, 5) is 11.5. The summed E-state index contributed by atoms with van der Waals surface area (Å²) in [7, 11) is -3.75. The zero-order chi connectivity index (χ0) is 23.3. The first-order valence-electron chi connectivity index (χ1n) is 9.68. The van der Waals surface area contributed by atoms with Gasteiger partial charge in [-0.1, -0.05) is 35.9 Å². The third-order valence-electron chi connectivity index (χ3n) is 4.85. The van der Waals surface area contributed by atoms with Crippen LogP contribution in [0.3, 0.4) is 0 Å². The van der Waals surface area contributed by atoms with E-state index < -0.39 is 28.1 Å². The number of carbonyl (C=O) groups excluding carboxylic acids is 1. The lowest BCUT2D eigenvalue weighted by molar-refractivity contribution is 0.0586. The molecule has 0 aliphatic carbocycles. The minimum atomic E-state index is -3.75. The zero-order valence-electron chi connectivity index (χ0n) is 16.9. The summed E-state index contributed by atoms with van der Waals surface area (Å²) in [6, 6.07) is 18.1. The van der Waals surface area contributed by atoms with Crippen LogP contribution < -0.4 is 5.73 Å². The van der Waals surface area contributed by atoms with Gasteiger partial charge in [0, 0.05) is 17.9 Å².